The molecule has 34 heavy (non-hydrogen) atoms. The minimum absolute atomic E-state index is 0.00881. The Balaban J connectivity index is 2.20. The molecule has 0 aromatic heterocycles. The van der Waals surface area contributed by atoms with Gasteiger partial charge in [0.2, 0.25) is 6.41 Å². The Labute approximate surface area is 194 Å². The molecule has 0 spiro atoms. The summed E-state index contributed by atoms with van der Waals surface area (Å²) in [6.07, 6.45) is -4.18. The number of alkyl halides is 3. The van der Waals surface area contributed by atoms with Crippen LogP contribution in [0.15, 0.2) is 29.4 Å². The van der Waals surface area contributed by atoms with Gasteiger partial charge in [0, 0.05) is 26.2 Å². The first-order valence-corrected chi connectivity index (χ1v) is 10.3. The normalized spacial score (nSPS) is 13.0. The maximum absolute atomic E-state index is 15.1. The number of nitrogens with one attached hydrogen (secondary N) is 2. The van der Waals surface area contributed by atoms with Gasteiger partial charge < -0.3 is 24.6 Å². The number of anilines is 2. The van der Waals surface area contributed by atoms with Crippen LogP contribution >= 0.6 is 0 Å². The number of methoxy groups -OCH3 is 1. The summed E-state index contributed by atoms with van der Waals surface area (Å²) in [4.78, 5) is 14.4. The van der Waals surface area contributed by atoms with Crippen molar-refractivity contribution in [3.63, 3.8) is 0 Å². The third-order valence-electron chi connectivity index (χ3n) is 5.29. The van der Waals surface area contributed by atoms with E-state index < -0.39 is 17.6 Å². The molecule has 2 aromatic carbocycles. The van der Waals surface area contributed by atoms with E-state index in [2.05, 4.69) is 15.8 Å². The van der Waals surface area contributed by atoms with Crippen LogP contribution in [0.25, 0.3) is 11.1 Å². The van der Waals surface area contributed by atoms with Crippen molar-refractivity contribution in [1.29, 1.82) is 0 Å². The Morgan fingerprint density at radius 1 is 1.21 bits per heavy atom. The molecule has 3 rings (SSSR count). The number of hydrogen-bond donors (Lipinski definition) is 2. The summed E-state index contributed by atoms with van der Waals surface area (Å²) in [5, 5.41) is 6.82. The number of carbonyl (C=O) groups excluding carboxylic acids is 1. The third-order valence-corrected chi connectivity index (χ3v) is 5.29. The molecular weight excluding hydrogens is 458 g/mol. The van der Waals surface area contributed by atoms with Crippen LogP contribution < -0.4 is 30.0 Å². The average molecular weight is 483 g/mol. The van der Waals surface area contributed by atoms with Gasteiger partial charge in [-0.05, 0) is 36.8 Å². The maximum atomic E-state index is 15.1. The SMILES string of the molecule is CCN(C)c1cc(C(F)(F)F)cc(-c2cc(F)c(OCC3=NNCN3)c(OC)c2)c1N(C)C=O. The van der Waals surface area contributed by atoms with Crippen molar-refractivity contribution in [1.82, 2.24) is 10.7 Å². The van der Waals surface area contributed by atoms with E-state index in [1.54, 1.807) is 18.9 Å². The standard InChI is InChI=1S/C22H25F4N5O3/c1-5-30(2)17-9-14(22(24,25)26)8-15(20(17)31(3)12-32)13-6-16(23)21(18(7-13)33-4)34-10-19-27-11-28-29-19/h6-9,12,28H,5,10-11H2,1-4H3,(H,27,29). The molecule has 184 valence electrons. The molecule has 0 saturated carbocycles. The summed E-state index contributed by atoms with van der Waals surface area (Å²) in [5.41, 5.74) is 2.20. The van der Waals surface area contributed by atoms with Crippen molar-refractivity contribution in [3.05, 3.63) is 35.6 Å². The highest BCUT2D eigenvalue weighted by Gasteiger charge is 2.34. The number of hydrogen-bond acceptors (Lipinski definition) is 7. The lowest BCUT2D eigenvalue weighted by Crippen LogP contribution is -2.26. The summed E-state index contributed by atoms with van der Waals surface area (Å²) in [5.74, 6) is -0.635. The van der Waals surface area contributed by atoms with Crippen molar-refractivity contribution in [2.24, 2.45) is 5.10 Å². The monoisotopic (exact) mass is 483 g/mol. The van der Waals surface area contributed by atoms with E-state index >= 15 is 4.39 Å². The zero-order valence-electron chi connectivity index (χ0n) is 19.1. The predicted octanol–water partition coefficient (Wildman–Crippen LogP) is 3.41. The fourth-order valence-electron chi connectivity index (χ4n) is 3.44. The molecule has 1 aliphatic rings. The molecule has 12 heteroatoms. The maximum Gasteiger partial charge on any atom is 0.416 e. The van der Waals surface area contributed by atoms with E-state index in [9.17, 15) is 18.0 Å². The number of nitrogens with zero attached hydrogens (tertiary/aromatic N) is 3. The number of hydrazone groups is 1. The molecule has 1 heterocycles. The van der Waals surface area contributed by atoms with Crippen LogP contribution in [0.1, 0.15) is 12.5 Å². The van der Waals surface area contributed by atoms with Crippen LogP contribution in [0.3, 0.4) is 0 Å². The number of benzene rings is 2. The lowest BCUT2D eigenvalue weighted by Gasteiger charge is -2.28. The van der Waals surface area contributed by atoms with Gasteiger partial charge in [-0.25, -0.2) is 4.39 Å². The summed E-state index contributed by atoms with van der Waals surface area (Å²) in [6.45, 7) is 2.47. The van der Waals surface area contributed by atoms with E-state index in [1.807, 2.05) is 0 Å². The van der Waals surface area contributed by atoms with E-state index in [4.69, 9.17) is 9.47 Å². The van der Waals surface area contributed by atoms with Crippen molar-refractivity contribution >= 4 is 23.6 Å². The van der Waals surface area contributed by atoms with Crippen LogP contribution in [0, 0.1) is 5.82 Å². The quantitative estimate of drug-likeness (QED) is 0.421. The van der Waals surface area contributed by atoms with E-state index in [-0.39, 0.29) is 40.6 Å². The Kier molecular flexibility index (Phi) is 7.38. The smallest absolute Gasteiger partial charge is 0.416 e. The van der Waals surface area contributed by atoms with Crippen LogP contribution in [0.5, 0.6) is 11.5 Å². The second-order valence-corrected chi connectivity index (χ2v) is 7.47. The number of carbonyl (C=O) groups is 1. The molecule has 1 amide bonds. The Hall–Kier alpha value is -3.70. The predicted molar refractivity (Wildman–Crippen MR) is 121 cm³/mol. The van der Waals surface area contributed by atoms with Gasteiger partial charge in [0.1, 0.15) is 13.3 Å². The number of halogens is 4. The van der Waals surface area contributed by atoms with Gasteiger partial charge in [-0.3, -0.25) is 10.2 Å². The zero-order chi connectivity index (χ0) is 25.0. The highest BCUT2D eigenvalue weighted by Crippen LogP contribution is 2.45. The zero-order valence-corrected chi connectivity index (χ0v) is 19.1. The largest absolute Gasteiger partial charge is 0.493 e. The molecular formula is C22H25F4N5O3. The molecule has 1 aliphatic heterocycles. The number of amides is 1. The van der Waals surface area contributed by atoms with Crippen LogP contribution in [-0.2, 0) is 11.0 Å². The topological polar surface area (TPSA) is 78.4 Å². The van der Waals surface area contributed by atoms with Crippen LogP contribution in [-0.4, -0.2) is 53.3 Å². The lowest BCUT2D eigenvalue weighted by atomic mass is 9.97. The van der Waals surface area contributed by atoms with Gasteiger partial charge in [-0.2, -0.15) is 18.3 Å². The number of rotatable bonds is 9. The van der Waals surface area contributed by atoms with Gasteiger partial charge in [0.05, 0.1) is 24.0 Å². The fraction of sp³-hybridized carbons (Fsp3) is 0.364. The first kappa shape index (κ1) is 24.9. The molecule has 0 bridgehead atoms. The summed E-state index contributed by atoms with van der Waals surface area (Å²) < 4.78 is 67.1. The van der Waals surface area contributed by atoms with Crippen molar-refractivity contribution in [2.45, 2.75) is 13.1 Å². The first-order valence-electron chi connectivity index (χ1n) is 10.3. The molecule has 0 aliphatic carbocycles. The Bertz CT molecular complexity index is 1090. The van der Waals surface area contributed by atoms with Gasteiger partial charge in [0.15, 0.2) is 23.2 Å². The number of amidine groups is 1. The van der Waals surface area contributed by atoms with Gasteiger partial charge >= 0.3 is 6.18 Å². The van der Waals surface area contributed by atoms with Crippen molar-refractivity contribution in [3.8, 4) is 22.6 Å². The molecule has 2 N–H and O–H groups in total. The molecule has 0 unspecified atom stereocenters. The average Bonchev–Trinajstić information content (AvgIpc) is 3.34. The highest BCUT2D eigenvalue weighted by atomic mass is 19.4. The second-order valence-electron chi connectivity index (χ2n) is 7.47. The summed E-state index contributed by atoms with van der Waals surface area (Å²) in [6, 6.07) is 4.28. The molecule has 2 aromatic rings. The molecule has 0 fully saturated rings. The van der Waals surface area contributed by atoms with Crippen molar-refractivity contribution in [2.75, 3.05) is 50.8 Å². The second kappa shape index (κ2) is 10.1. The van der Waals surface area contributed by atoms with E-state index in [1.165, 1.54) is 20.2 Å². The van der Waals surface area contributed by atoms with Gasteiger partial charge in [-0.1, -0.05) is 0 Å². The minimum Gasteiger partial charge on any atom is -0.493 e. The lowest BCUT2D eigenvalue weighted by molar-refractivity contribution is -0.137. The van der Waals surface area contributed by atoms with Gasteiger partial charge in [0.25, 0.3) is 0 Å². The van der Waals surface area contributed by atoms with E-state index in [0.717, 1.165) is 23.1 Å². The minimum atomic E-state index is -4.66. The summed E-state index contributed by atoms with van der Waals surface area (Å²) >= 11 is 0. The first-order chi connectivity index (χ1) is 16.1. The molecule has 0 saturated heterocycles. The molecule has 0 atom stereocenters. The van der Waals surface area contributed by atoms with Crippen LogP contribution in [0.4, 0.5) is 28.9 Å². The fourth-order valence-corrected chi connectivity index (χ4v) is 3.44. The van der Waals surface area contributed by atoms with Gasteiger partial charge in [-0.15, -0.1) is 0 Å². The Morgan fingerprint density at radius 2 is 1.94 bits per heavy atom. The van der Waals surface area contributed by atoms with E-state index in [0.29, 0.717) is 25.5 Å². The molecule has 0 radical (unpaired) electrons. The molecule has 8 nitrogen and oxygen atoms in total. The number of ether oxygens (including phenoxy) is 2. The van der Waals surface area contributed by atoms with Crippen molar-refractivity contribution < 1.29 is 31.8 Å². The Morgan fingerprint density at radius 3 is 2.50 bits per heavy atom. The third kappa shape index (κ3) is 5.10. The highest BCUT2D eigenvalue weighted by molar-refractivity contribution is 5.95. The van der Waals surface area contributed by atoms with Crippen LogP contribution in [0.2, 0.25) is 0 Å². The summed E-state index contributed by atoms with van der Waals surface area (Å²) in [7, 11) is 4.31.